The third-order valence-electron chi connectivity index (χ3n) is 4.79. The van der Waals surface area contributed by atoms with Crippen molar-refractivity contribution in [1.82, 2.24) is 0 Å². The number of aliphatic hydroxyl groups is 1. The van der Waals surface area contributed by atoms with Gasteiger partial charge in [-0.3, -0.25) is 0 Å². The van der Waals surface area contributed by atoms with Crippen molar-refractivity contribution >= 4 is 5.71 Å². The van der Waals surface area contributed by atoms with E-state index in [1.54, 1.807) is 0 Å². The van der Waals surface area contributed by atoms with Crippen molar-refractivity contribution in [3.63, 3.8) is 0 Å². The molecule has 1 unspecified atom stereocenters. The second kappa shape index (κ2) is 18.0. The molecule has 1 aromatic rings. The Hall–Kier alpha value is -2.07. The lowest BCUT2D eigenvalue weighted by molar-refractivity contribution is 0.101. The zero-order valence-corrected chi connectivity index (χ0v) is 18.0. The number of aliphatic hydroxyl groups excluding tert-OH is 1. The molecule has 0 aliphatic heterocycles. The standard InChI is InChI=1S/C25H39NO3/c1-2-3-4-5-6-7-8-9-10-11-12-14-17-23(26-28)20-21-24(27)22-29-25-18-15-13-16-19-25/h7-10,13,15-16,18-19,24,27-28H,2-6,11-12,14,17,20-22H2,1H3/b8-7+,10-9+,26-23+. The van der Waals surface area contributed by atoms with Crippen molar-refractivity contribution < 1.29 is 15.1 Å². The van der Waals surface area contributed by atoms with Crippen LogP contribution in [0.5, 0.6) is 5.75 Å². The highest BCUT2D eigenvalue weighted by Gasteiger charge is 2.08. The molecule has 0 aliphatic carbocycles. The molecule has 0 fully saturated rings. The van der Waals surface area contributed by atoms with Crippen LogP contribution in [0.3, 0.4) is 0 Å². The number of ether oxygens (including phenoxy) is 1. The second-order valence-corrected chi connectivity index (χ2v) is 7.43. The zero-order chi connectivity index (χ0) is 21.0. The van der Waals surface area contributed by atoms with Crippen molar-refractivity contribution in [2.24, 2.45) is 5.16 Å². The van der Waals surface area contributed by atoms with Gasteiger partial charge in [-0.25, -0.2) is 0 Å². The van der Waals surface area contributed by atoms with E-state index in [1.165, 1.54) is 32.1 Å². The van der Waals surface area contributed by atoms with Crippen molar-refractivity contribution in [3.05, 3.63) is 54.6 Å². The van der Waals surface area contributed by atoms with E-state index in [9.17, 15) is 10.3 Å². The van der Waals surface area contributed by atoms with Gasteiger partial charge in [-0.05, 0) is 63.5 Å². The minimum Gasteiger partial charge on any atom is -0.491 e. The first-order valence-electron chi connectivity index (χ1n) is 11.1. The van der Waals surface area contributed by atoms with E-state index in [0.29, 0.717) is 12.8 Å². The van der Waals surface area contributed by atoms with Crippen LogP contribution in [0.2, 0.25) is 0 Å². The number of benzene rings is 1. The normalized spacial score (nSPS) is 13.4. The molecule has 2 N–H and O–H groups in total. The number of para-hydroxylation sites is 1. The maximum Gasteiger partial charge on any atom is 0.119 e. The summed E-state index contributed by atoms with van der Waals surface area (Å²) in [6.07, 6.45) is 19.5. The Kier molecular flexibility index (Phi) is 15.5. The van der Waals surface area contributed by atoms with Crippen LogP contribution in [0.1, 0.15) is 77.6 Å². The summed E-state index contributed by atoms with van der Waals surface area (Å²) in [5, 5.41) is 22.6. The van der Waals surface area contributed by atoms with Gasteiger partial charge in [0, 0.05) is 0 Å². The maximum absolute atomic E-state index is 10.1. The predicted octanol–water partition coefficient (Wildman–Crippen LogP) is 6.68. The molecule has 0 aliphatic rings. The van der Waals surface area contributed by atoms with Gasteiger partial charge in [-0.2, -0.15) is 0 Å². The largest absolute Gasteiger partial charge is 0.491 e. The minimum atomic E-state index is -0.566. The Labute approximate surface area is 177 Å². The third kappa shape index (κ3) is 14.6. The van der Waals surface area contributed by atoms with Crippen LogP contribution in [0.4, 0.5) is 0 Å². The lowest BCUT2D eigenvalue weighted by Gasteiger charge is -2.12. The average molecular weight is 402 g/mol. The van der Waals surface area contributed by atoms with Gasteiger partial charge >= 0.3 is 0 Å². The molecule has 0 heterocycles. The zero-order valence-electron chi connectivity index (χ0n) is 18.0. The van der Waals surface area contributed by atoms with Crippen LogP contribution in [-0.4, -0.2) is 28.7 Å². The van der Waals surface area contributed by atoms with Gasteiger partial charge in [0.2, 0.25) is 0 Å². The molecular formula is C25H39NO3. The van der Waals surface area contributed by atoms with E-state index in [1.807, 2.05) is 30.3 Å². The molecule has 4 heteroatoms. The Morgan fingerprint density at radius 1 is 0.966 bits per heavy atom. The minimum absolute atomic E-state index is 0.250. The Balaban J connectivity index is 2.04. The average Bonchev–Trinajstić information content (AvgIpc) is 2.75. The number of unbranched alkanes of at least 4 members (excludes halogenated alkanes) is 6. The van der Waals surface area contributed by atoms with E-state index in [4.69, 9.17) is 4.74 Å². The lowest BCUT2D eigenvalue weighted by atomic mass is 10.0. The van der Waals surface area contributed by atoms with Crippen LogP contribution < -0.4 is 4.74 Å². The van der Waals surface area contributed by atoms with Gasteiger partial charge in [-0.15, -0.1) is 0 Å². The van der Waals surface area contributed by atoms with E-state index in [2.05, 4.69) is 36.4 Å². The summed E-state index contributed by atoms with van der Waals surface area (Å²) in [6, 6.07) is 9.46. The van der Waals surface area contributed by atoms with Crippen LogP contribution in [0.25, 0.3) is 0 Å². The van der Waals surface area contributed by atoms with Crippen LogP contribution in [0.15, 0.2) is 59.8 Å². The fourth-order valence-corrected chi connectivity index (χ4v) is 2.98. The van der Waals surface area contributed by atoms with E-state index in [0.717, 1.165) is 37.1 Å². The van der Waals surface area contributed by atoms with Crippen molar-refractivity contribution in [2.75, 3.05) is 6.61 Å². The summed E-state index contributed by atoms with van der Waals surface area (Å²) in [5.41, 5.74) is 0.750. The molecular weight excluding hydrogens is 362 g/mol. The highest BCUT2D eigenvalue weighted by atomic mass is 16.5. The van der Waals surface area contributed by atoms with Crippen molar-refractivity contribution in [3.8, 4) is 5.75 Å². The Morgan fingerprint density at radius 2 is 1.66 bits per heavy atom. The van der Waals surface area contributed by atoms with Gasteiger partial charge in [0.15, 0.2) is 0 Å². The molecule has 29 heavy (non-hydrogen) atoms. The van der Waals surface area contributed by atoms with Gasteiger partial charge < -0.3 is 15.1 Å². The van der Waals surface area contributed by atoms with Crippen LogP contribution >= 0.6 is 0 Å². The molecule has 0 aromatic heterocycles. The van der Waals surface area contributed by atoms with E-state index in [-0.39, 0.29) is 6.61 Å². The summed E-state index contributed by atoms with van der Waals surface area (Å²) >= 11 is 0. The summed E-state index contributed by atoms with van der Waals surface area (Å²) in [6.45, 7) is 2.49. The first-order chi connectivity index (χ1) is 14.3. The number of oxime groups is 1. The molecule has 162 valence electrons. The highest BCUT2D eigenvalue weighted by Crippen LogP contribution is 2.11. The third-order valence-corrected chi connectivity index (χ3v) is 4.79. The van der Waals surface area contributed by atoms with Crippen molar-refractivity contribution in [1.29, 1.82) is 0 Å². The van der Waals surface area contributed by atoms with Crippen LogP contribution in [-0.2, 0) is 0 Å². The molecule has 0 amide bonds. The van der Waals surface area contributed by atoms with Crippen LogP contribution in [0, 0.1) is 0 Å². The molecule has 0 spiro atoms. The number of hydrogen-bond donors (Lipinski definition) is 2. The molecule has 1 atom stereocenters. The summed E-state index contributed by atoms with van der Waals surface area (Å²) in [4.78, 5) is 0. The fourth-order valence-electron chi connectivity index (χ4n) is 2.98. The van der Waals surface area contributed by atoms with Gasteiger partial charge in [-0.1, -0.05) is 73.8 Å². The van der Waals surface area contributed by atoms with Gasteiger partial charge in [0.25, 0.3) is 0 Å². The van der Waals surface area contributed by atoms with E-state index >= 15 is 0 Å². The smallest absolute Gasteiger partial charge is 0.119 e. The highest BCUT2D eigenvalue weighted by molar-refractivity contribution is 5.83. The molecule has 0 radical (unpaired) electrons. The second-order valence-electron chi connectivity index (χ2n) is 7.43. The quantitative estimate of drug-likeness (QED) is 0.101. The fraction of sp³-hybridized carbons (Fsp3) is 0.560. The maximum atomic E-state index is 10.1. The predicted molar refractivity (Wildman–Crippen MR) is 122 cm³/mol. The molecule has 0 saturated heterocycles. The lowest BCUT2D eigenvalue weighted by Crippen LogP contribution is -2.18. The number of nitrogens with zero attached hydrogens (tertiary/aromatic N) is 1. The molecule has 4 nitrogen and oxygen atoms in total. The first-order valence-corrected chi connectivity index (χ1v) is 11.1. The Morgan fingerprint density at radius 3 is 2.31 bits per heavy atom. The summed E-state index contributed by atoms with van der Waals surface area (Å²) in [7, 11) is 0. The molecule has 1 rings (SSSR count). The molecule has 0 saturated carbocycles. The Bertz CT molecular complexity index is 581. The van der Waals surface area contributed by atoms with Gasteiger partial charge in [0.05, 0.1) is 11.8 Å². The van der Waals surface area contributed by atoms with Gasteiger partial charge in [0.1, 0.15) is 12.4 Å². The SMILES string of the molecule is CCCCCC/C=C/C=C/CCCC/C(CCC(O)COc1ccccc1)=N\O. The van der Waals surface area contributed by atoms with Crippen molar-refractivity contribution in [2.45, 2.75) is 83.7 Å². The monoisotopic (exact) mass is 401 g/mol. The number of allylic oxidation sites excluding steroid dienone is 4. The first kappa shape index (κ1) is 25.0. The number of hydrogen-bond acceptors (Lipinski definition) is 4. The molecule has 0 bridgehead atoms. The molecule has 1 aromatic carbocycles. The number of rotatable bonds is 17. The summed E-state index contributed by atoms with van der Waals surface area (Å²) < 4.78 is 5.55. The van der Waals surface area contributed by atoms with E-state index < -0.39 is 6.10 Å². The summed E-state index contributed by atoms with van der Waals surface area (Å²) in [5.74, 6) is 0.752. The topological polar surface area (TPSA) is 62.0 Å².